The average Bonchev–Trinajstić information content (AvgIpc) is 3.20. The van der Waals surface area contributed by atoms with Crippen molar-refractivity contribution in [1.82, 2.24) is 4.90 Å². The Kier molecular flexibility index (Phi) is 3.28. The standard InChI is InChI=1S/C16H20FNO2/c1-11-10-12(2-3-14(11)17)15(19)18-8-4-13(5-9-18)16(20)6-7-16/h2-3,10,13,20H,4-9H2,1H3. The fourth-order valence-electron chi connectivity index (χ4n) is 3.12. The van der Waals surface area contributed by atoms with Crippen LogP contribution in [0, 0.1) is 18.7 Å². The van der Waals surface area contributed by atoms with Crippen LogP contribution in [0.5, 0.6) is 0 Å². The molecular formula is C16H20FNO2. The van der Waals surface area contributed by atoms with Crippen molar-refractivity contribution in [2.24, 2.45) is 5.92 Å². The molecule has 3 rings (SSSR count). The molecule has 1 heterocycles. The van der Waals surface area contributed by atoms with Gasteiger partial charge in [-0.3, -0.25) is 4.79 Å². The molecule has 1 saturated heterocycles. The third-order valence-electron chi connectivity index (χ3n) is 4.71. The van der Waals surface area contributed by atoms with Crippen LogP contribution in [0.1, 0.15) is 41.6 Å². The Hall–Kier alpha value is -1.42. The highest BCUT2D eigenvalue weighted by atomic mass is 19.1. The number of aliphatic hydroxyl groups is 1. The summed E-state index contributed by atoms with van der Waals surface area (Å²) in [6.07, 6.45) is 3.54. The first kappa shape index (κ1) is 13.6. The van der Waals surface area contributed by atoms with E-state index in [1.54, 1.807) is 19.1 Å². The van der Waals surface area contributed by atoms with E-state index in [9.17, 15) is 14.3 Å². The maximum absolute atomic E-state index is 13.2. The second-order valence-electron chi connectivity index (χ2n) is 6.13. The van der Waals surface area contributed by atoms with Crippen molar-refractivity contribution in [3.8, 4) is 0 Å². The fourth-order valence-corrected chi connectivity index (χ4v) is 3.12. The highest BCUT2D eigenvalue weighted by Crippen LogP contribution is 2.46. The second kappa shape index (κ2) is 4.85. The van der Waals surface area contributed by atoms with Crippen molar-refractivity contribution in [2.45, 2.75) is 38.2 Å². The number of aryl methyl sites for hydroxylation is 1. The Morgan fingerprint density at radius 1 is 1.35 bits per heavy atom. The van der Waals surface area contributed by atoms with E-state index in [4.69, 9.17) is 0 Å². The smallest absolute Gasteiger partial charge is 0.253 e. The Balaban J connectivity index is 1.65. The summed E-state index contributed by atoms with van der Waals surface area (Å²) in [5, 5.41) is 10.1. The molecule has 108 valence electrons. The minimum absolute atomic E-state index is 0.0330. The van der Waals surface area contributed by atoms with Crippen LogP contribution in [0.3, 0.4) is 0 Å². The minimum Gasteiger partial charge on any atom is -0.390 e. The van der Waals surface area contributed by atoms with Gasteiger partial charge in [-0.05, 0) is 62.3 Å². The summed E-state index contributed by atoms with van der Waals surface area (Å²) in [5.74, 6) is 0.0204. The van der Waals surface area contributed by atoms with E-state index in [1.165, 1.54) is 6.07 Å². The van der Waals surface area contributed by atoms with E-state index >= 15 is 0 Å². The summed E-state index contributed by atoms with van der Waals surface area (Å²) in [6.45, 7) is 3.03. The molecule has 2 fully saturated rings. The van der Waals surface area contributed by atoms with Gasteiger partial charge in [0.25, 0.3) is 5.91 Å². The van der Waals surface area contributed by atoms with Gasteiger partial charge in [-0.1, -0.05) is 0 Å². The number of carbonyl (C=O) groups is 1. The van der Waals surface area contributed by atoms with Crippen LogP contribution >= 0.6 is 0 Å². The van der Waals surface area contributed by atoms with Gasteiger partial charge >= 0.3 is 0 Å². The number of rotatable bonds is 2. The minimum atomic E-state index is -0.443. The molecule has 3 nitrogen and oxygen atoms in total. The lowest BCUT2D eigenvalue weighted by Gasteiger charge is -2.34. The largest absolute Gasteiger partial charge is 0.390 e. The van der Waals surface area contributed by atoms with Crippen LogP contribution in [0.15, 0.2) is 18.2 Å². The maximum atomic E-state index is 13.2. The second-order valence-corrected chi connectivity index (χ2v) is 6.13. The van der Waals surface area contributed by atoms with Crippen molar-refractivity contribution >= 4 is 5.91 Å². The quantitative estimate of drug-likeness (QED) is 0.902. The van der Waals surface area contributed by atoms with Gasteiger partial charge in [0.05, 0.1) is 5.60 Å². The Morgan fingerprint density at radius 2 is 2.00 bits per heavy atom. The van der Waals surface area contributed by atoms with Crippen LogP contribution in [0.4, 0.5) is 4.39 Å². The molecule has 1 aliphatic carbocycles. The number of piperidine rings is 1. The van der Waals surface area contributed by atoms with E-state index < -0.39 is 5.60 Å². The molecule has 2 aliphatic rings. The molecule has 1 N–H and O–H groups in total. The highest BCUT2D eigenvalue weighted by molar-refractivity contribution is 5.94. The number of halogens is 1. The lowest BCUT2D eigenvalue weighted by Crippen LogP contribution is -2.41. The predicted octanol–water partition coefficient (Wildman–Crippen LogP) is 2.51. The number of hydrogen-bond acceptors (Lipinski definition) is 2. The summed E-state index contributed by atoms with van der Waals surface area (Å²) in [5.41, 5.74) is 0.604. The first-order chi connectivity index (χ1) is 9.49. The first-order valence-corrected chi connectivity index (χ1v) is 7.27. The van der Waals surface area contributed by atoms with E-state index in [2.05, 4.69) is 0 Å². The Morgan fingerprint density at radius 3 is 2.55 bits per heavy atom. The lowest BCUT2D eigenvalue weighted by molar-refractivity contribution is 0.0340. The summed E-state index contributed by atoms with van der Waals surface area (Å²) < 4.78 is 13.2. The summed E-state index contributed by atoms with van der Waals surface area (Å²) in [6, 6.07) is 4.51. The number of hydrogen-bond donors (Lipinski definition) is 1. The fraction of sp³-hybridized carbons (Fsp3) is 0.562. The molecule has 1 amide bonds. The molecular weight excluding hydrogens is 257 g/mol. The van der Waals surface area contributed by atoms with Crippen molar-refractivity contribution in [2.75, 3.05) is 13.1 Å². The first-order valence-electron chi connectivity index (χ1n) is 7.27. The Bertz CT molecular complexity index is 531. The number of nitrogens with zero attached hydrogens (tertiary/aromatic N) is 1. The molecule has 0 spiro atoms. The molecule has 0 bridgehead atoms. The Labute approximate surface area is 118 Å². The normalized spacial score (nSPS) is 21.9. The van der Waals surface area contributed by atoms with E-state index in [0.29, 0.717) is 30.1 Å². The monoisotopic (exact) mass is 277 g/mol. The van der Waals surface area contributed by atoms with Crippen LogP contribution < -0.4 is 0 Å². The van der Waals surface area contributed by atoms with Gasteiger partial charge in [-0.2, -0.15) is 0 Å². The van der Waals surface area contributed by atoms with Gasteiger partial charge in [0, 0.05) is 18.7 Å². The molecule has 0 atom stereocenters. The van der Waals surface area contributed by atoms with Gasteiger partial charge in [0.2, 0.25) is 0 Å². The molecule has 1 aromatic rings. The predicted molar refractivity (Wildman–Crippen MR) is 73.9 cm³/mol. The number of benzene rings is 1. The van der Waals surface area contributed by atoms with E-state index in [0.717, 1.165) is 25.7 Å². The van der Waals surface area contributed by atoms with Gasteiger partial charge in [0.15, 0.2) is 0 Å². The maximum Gasteiger partial charge on any atom is 0.253 e. The van der Waals surface area contributed by atoms with Crippen molar-refractivity contribution < 1.29 is 14.3 Å². The van der Waals surface area contributed by atoms with Gasteiger partial charge in [0.1, 0.15) is 5.82 Å². The summed E-state index contributed by atoms with van der Waals surface area (Å²) in [4.78, 5) is 14.2. The molecule has 1 aliphatic heterocycles. The highest BCUT2D eigenvalue weighted by Gasteiger charge is 2.48. The number of likely N-dealkylation sites (tertiary alicyclic amines) is 1. The third kappa shape index (κ3) is 2.44. The summed E-state index contributed by atoms with van der Waals surface area (Å²) >= 11 is 0. The van der Waals surface area contributed by atoms with Crippen LogP contribution in [0.25, 0.3) is 0 Å². The lowest BCUT2D eigenvalue weighted by atomic mass is 9.89. The zero-order chi connectivity index (χ0) is 14.3. The number of amides is 1. The molecule has 4 heteroatoms. The van der Waals surface area contributed by atoms with Crippen LogP contribution in [0.2, 0.25) is 0 Å². The van der Waals surface area contributed by atoms with Crippen molar-refractivity contribution in [3.05, 3.63) is 35.1 Å². The van der Waals surface area contributed by atoms with Crippen LogP contribution in [-0.2, 0) is 0 Å². The molecule has 0 radical (unpaired) electrons. The topological polar surface area (TPSA) is 40.5 Å². The van der Waals surface area contributed by atoms with E-state index in [1.807, 2.05) is 4.90 Å². The zero-order valence-electron chi connectivity index (χ0n) is 11.7. The molecule has 0 aromatic heterocycles. The van der Waals surface area contributed by atoms with Crippen LogP contribution in [-0.4, -0.2) is 34.6 Å². The van der Waals surface area contributed by atoms with Crippen molar-refractivity contribution in [3.63, 3.8) is 0 Å². The molecule has 0 unspecified atom stereocenters. The van der Waals surface area contributed by atoms with Gasteiger partial charge < -0.3 is 10.0 Å². The summed E-state index contributed by atoms with van der Waals surface area (Å²) in [7, 11) is 0. The molecule has 1 aromatic carbocycles. The van der Waals surface area contributed by atoms with Gasteiger partial charge in [-0.15, -0.1) is 0 Å². The van der Waals surface area contributed by atoms with E-state index in [-0.39, 0.29) is 11.7 Å². The average molecular weight is 277 g/mol. The zero-order valence-corrected chi connectivity index (χ0v) is 11.7. The van der Waals surface area contributed by atoms with Gasteiger partial charge in [-0.25, -0.2) is 4.39 Å². The third-order valence-corrected chi connectivity index (χ3v) is 4.71. The number of carbonyl (C=O) groups excluding carboxylic acids is 1. The molecule has 1 saturated carbocycles. The van der Waals surface area contributed by atoms with Crippen molar-refractivity contribution in [1.29, 1.82) is 0 Å². The SMILES string of the molecule is Cc1cc(C(=O)N2CCC(C3(O)CC3)CC2)ccc1F. The molecule has 20 heavy (non-hydrogen) atoms.